The summed E-state index contributed by atoms with van der Waals surface area (Å²) >= 11 is 0. The van der Waals surface area contributed by atoms with Crippen LogP contribution in [0.2, 0.25) is 5.04 Å². The molecule has 4 aromatic rings. The third-order valence-electron chi connectivity index (χ3n) is 7.03. The second-order valence-electron chi connectivity index (χ2n) is 10.8. The van der Waals surface area contributed by atoms with Crippen molar-refractivity contribution in [1.82, 2.24) is 5.16 Å². The first-order chi connectivity index (χ1) is 19.3. The number of halogens is 1. The molecule has 1 atom stereocenters. The fourth-order valence-electron chi connectivity index (χ4n) is 5.19. The van der Waals surface area contributed by atoms with Crippen LogP contribution in [-0.4, -0.2) is 45.4 Å². The zero-order chi connectivity index (χ0) is 28.2. The number of carbonyl (C=O) groups excluding carboxylic acids is 1. The van der Waals surface area contributed by atoms with Crippen LogP contribution in [0.4, 0.5) is 14.9 Å². The van der Waals surface area contributed by atoms with E-state index in [-0.39, 0.29) is 18.2 Å². The highest BCUT2D eigenvalue weighted by atomic mass is 28.4. The molecule has 2 heterocycles. The van der Waals surface area contributed by atoms with E-state index in [0.717, 1.165) is 0 Å². The van der Waals surface area contributed by atoms with E-state index in [1.807, 2.05) is 12.1 Å². The van der Waals surface area contributed by atoms with Crippen LogP contribution >= 0.6 is 0 Å². The van der Waals surface area contributed by atoms with Gasteiger partial charge in [-0.05, 0) is 38.8 Å². The number of benzene rings is 3. The number of ether oxygens (including phenoxy) is 2. The Bertz CT molecular complexity index is 1380. The highest BCUT2D eigenvalue weighted by Gasteiger charge is 2.50. The maximum atomic E-state index is 13.6. The zero-order valence-corrected chi connectivity index (χ0v) is 23.9. The summed E-state index contributed by atoms with van der Waals surface area (Å²) in [7, 11) is -2.64. The van der Waals surface area contributed by atoms with Gasteiger partial charge in [0.05, 0.1) is 12.2 Å². The predicted octanol–water partition coefficient (Wildman–Crippen LogP) is 5.34. The van der Waals surface area contributed by atoms with Crippen molar-refractivity contribution >= 4 is 30.5 Å². The molecule has 1 aromatic heterocycles. The van der Waals surface area contributed by atoms with Gasteiger partial charge in [-0.1, -0.05) is 87.5 Å². The molecule has 1 fully saturated rings. The quantitative estimate of drug-likeness (QED) is 0.244. The second kappa shape index (κ2) is 11.7. The molecule has 0 aliphatic carbocycles. The Morgan fingerprint density at radius 1 is 0.975 bits per heavy atom. The molecular weight excluding hydrogens is 527 g/mol. The molecule has 3 aromatic carbocycles. The van der Waals surface area contributed by atoms with E-state index >= 15 is 0 Å². The molecule has 0 saturated carbocycles. The monoisotopic (exact) mass is 560 g/mol. The molecule has 5 rings (SSSR count). The topological polar surface area (TPSA) is 74.0 Å². The molecule has 1 saturated heterocycles. The first kappa shape index (κ1) is 27.6. The maximum absolute atomic E-state index is 13.6. The van der Waals surface area contributed by atoms with E-state index in [1.54, 1.807) is 18.2 Å². The number of hydrogen-bond donors (Lipinski definition) is 0. The molecule has 1 unspecified atom stereocenters. The van der Waals surface area contributed by atoms with Gasteiger partial charge in [-0.15, -0.1) is 0 Å². The van der Waals surface area contributed by atoms with Crippen molar-refractivity contribution in [2.24, 2.45) is 0 Å². The minimum atomic E-state index is -2.64. The Kier molecular flexibility index (Phi) is 8.04. The molecule has 0 bridgehead atoms. The van der Waals surface area contributed by atoms with Gasteiger partial charge in [0.15, 0.2) is 6.10 Å². The molecule has 208 valence electrons. The van der Waals surface area contributed by atoms with Crippen LogP contribution in [-0.2, 0) is 15.6 Å². The highest BCUT2D eigenvalue weighted by Crippen LogP contribution is 2.36. The summed E-state index contributed by atoms with van der Waals surface area (Å²) in [5.74, 6) is 0.525. The summed E-state index contributed by atoms with van der Waals surface area (Å²) in [5, 5.41) is 6.33. The van der Waals surface area contributed by atoms with Crippen LogP contribution < -0.4 is 20.0 Å². The van der Waals surface area contributed by atoms with Crippen molar-refractivity contribution in [2.75, 3.05) is 24.7 Å². The normalized spacial score (nSPS) is 15.8. The SMILES string of the molecule is CC(C)(C)[Si](OCCc1cc(OCC2CN(c3cccc(F)c3)C(=O)O2)no1)(c1ccccc1)c1ccccc1. The number of amides is 1. The predicted molar refractivity (Wildman–Crippen MR) is 153 cm³/mol. The minimum Gasteiger partial charge on any atom is -0.471 e. The number of cyclic esters (lactones) is 1. The Morgan fingerprint density at radius 3 is 2.27 bits per heavy atom. The molecule has 0 N–H and O–H groups in total. The van der Waals surface area contributed by atoms with E-state index in [4.69, 9.17) is 18.4 Å². The first-order valence-corrected chi connectivity index (χ1v) is 15.2. The van der Waals surface area contributed by atoms with Crippen LogP contribution in [0.3, 0.4) is 0 Å². The van der Waals surface area contributed by atoms with Crippen molar-refractivity contribution in [2.45, 2.75) is 38.3 Å². The fraction of sp³-hybridized carbons (Fsp3) is 0.290. The number of carbonyl (C=O) groups is 1. The third-order valence-corrected chi connectivity index (χ3v) is 12.1. The third kappa shape index (κ3) is 5.80. The summed E-state index contributed by atoms with van der Waals surface area (Å²) in [6, 6.07) is 28.5. The Morgan fingerprint density at radius 2 is 1.65 bits per heavy atom. The molecule has 1 amide bonds. The average Bonchev–Trinajstić information content (AvgIpc) is 3.56. The average molecular weight is 561 g/mol. The van der Waals surface area contributed by atoms with E-state index in [9.17, 15) is 9.18 Å². The van der Waals surface area contributed by atoms with E-state index in [2.05, 4.69) is 74.5 Å². The van der Waals surface area contributed by atoms with Crippen LogP contribution in [0.5, 0.6) is 5.88 Å². The maximum Gasteiger partial charge on any atom is 0.414 e. The summed E-state index contributed by atoms with van der Waals surface area (Å²) in [5.41, 5.74) is 0.442. The Hall–Kier alpha value is -3.95. The van der Waals surface area contributed by atoms with Gasteiger partial charge in [0.25, 0.3) is 14.2 Å². The van der Waals surface area contributed by atoms with Gasteiger partial charge in [-0.3, -0.25) is 4.90 Å². The van der Waals surface area contributed by atoms with Crippen molar-refractivity contribution < 1.29 is 27.6 Å². The first-order valence-electron chi connectivity index (χ1n) is 13.3. The van der Waals surface area contributed by atoms with Gasteiger partial charge in [0.2, 0.25) is 0 Å². The highest BCUT2D eigenvalue weighted by molar-refractivity contribution is 6.99. The minimum absolute atomic E-state index is 0.0993. The van der Waals surface area contributed by atoms with E-state index < -0.39 is 26.3 Å². The van der Waals surface area contributed by atoms with Gasteiger partial charge in [-0.2, -0.15) is 0 Å². The van der Waals surface area contributed by atoms with Crippen LogP contribution in [0.15, 0.2) is 95.5 Å². The second-order valence-corrected chi connectivity index (χ2v) is 15.1. The van der Waals surface area contributed by atoms with Crippen molar-refractivity contribution in [3.8, 4) is 5.88 Å². The summed E-state index contributed by atoms with van der Waals surface area (Å²) < 4.78 is 37.1. The van der Waals surface area contributed by atoms with E-state index in [1.165, 1.54) is 27.4 Å². The summed E-state index contributed by atoms with van der Waals surface area (Å²) in [6.07, 6.45) is -0.540. The van der Waals surface area contributed by atoms with Gasteiger partial charge in [-0.25, -0.2) is 9.18 Å². The Balaban J connectivity index is 1.22. The van der Waals surface area contributed by atoms with Gasteiger partial charge in [0, 0.05) is 19.1 Å². The molecule has 40 heavy (non-hydrogen) atoms. The lowest BCUT2D eigenvalue weighted by molar-refractivity contribution is 0.101. The van der Waals surface area contributed by atoms with Crippen molar-refractivity contribution in [3.63, 3.8) is 0 Å². The van der Waals surface area contributed by atoms with Gasteiger partial charge >= 0.3 is 6.09 Å². The molecular formula is C31H33FN2O5Si. The lowest BCUT2D eigenvalue weighted by Crippen LogP contribution is -2.66. The molecule has 1 aliphatic heterocycles. The number of nitrogens with zero attached hydrogens (tertiary/aromatic N) is 2. The Labute approximate surface area is 234 Å². The summed E-state index contributed by atoms with van der Waals surface area (Å²) in [6.45, 7) is 7.52. The largest absolute Gasteiger partial charge is 0.471 e. The number of rotatable bonds is 10. The van der Waals surface area contributed by atoms with E-state index in [0.29, 0.717) is 30.4 Å². The van der Waals surface area contributed by atoms with Crippen LogP contribution in [0.1, 0.15) is 26.5 Å². The number of aromatic nitrogens is 1. The number of hydrogen-bond acceptors (Lipinski definition) is 6. The lowest BCUT2D eigenvalue weighted by atomic mass is 10.2. The molecule has 0 spiro atoms. The molecule has 1 aliphatic rings. The zero-order valence-electron chi connectivity index (χ0n) is 22.9. The molecule has 9 heteroatoms. The van der Waals surface area contributed by atoms with Gasteiger partial charge in [0.1, 0.15) is 18.2 Å². The van der Waals surface area contributed by atoms with Crippen LogP contribution in [0, 0.1) is 5.82 Å². The van der Waals surface area contributed by atoms with Crippen molar-refractivity contribution in [3.05, 3.63) is 103 Å². The molecule has 0 radical (unpaired) electrons. The van der Waals surface area contributed by atoms with Crippen molar-refractivity contribution in [1.29, 1.82) is 0 Å². The van der Waals surface area contributed by atoms with Crippen LogP contribution in [0.25, 0.3) is 0 Å². The fourth-order valence-corrected chi connectivity index (χ4v) is 9.75. The standard InChI is InChI=1S/C31H33FN2O5Si/c1-31(2,3)40(27-13-6-4-7-14-27,28-15-8-5-9-16-28)37-18-17-25-20-29(33-39-25)36-22-26-21-34(30(35)38-26)24-12-10-11-23(32)19-24/h4-16,19-20,26H,17-18,21-22H2,1-3H3. The molecule has 7 nitrogen and oxygen atoms in total. The van der Waals surface area contributed by atoms with Gasteiger partial charge < -0.3 is 18.4 Å². The lowest BCUT2D eigenvalue weighted by Gasteiger charge is -2.43. The number of anilines is 1. The smallest absolute Gasteiger partial charge is 0.414 e. The summed E-state index contributed by atoms with van der Waals surface area (Å²) in [4.78, 5) is 13.7.